The van der Waals surface area contributed by atoms with Crippen molar-refractivity contribution in [3.8, 4) is 11.1 Å². The molecule has 268 valence electrons. The standard InChI is InChI=1S/C42H55NO5SSi/c1-9-18-40(48-50(7,8)47-39(10-2)36(25-29(3)4)41(44)49-28-31-19-12-11-13-20-31)38(26-30(5)6)43-42(45)46-27-37-34-23-16-14-21-32(34)33-22-15-17-24-35(33)37/h9-17,19-24,29-30,36-40H,1-2,18,25-28H2,3-8H3,(H,43,45)/t36-,38-,39-,40-/m0/s1. The van der Waals surface area contributed by atoms with Crippen LogP contribution in [0.15, 0.2) is 104 Å². The number of hydrogen-bond acceptors (Lipinski definition) is 6. The number of rotatable bonds is 19. The molecule has 0 bridgehead atoms. The van der Waals surface area contributed by atoms with Crippen LogP contribution in [-0.4, -0.2) is 44.6 Å². The largest absolute Gasteiger partial charge is 0.449 e. The fraction of sp³-hybridized carbons (Fsp3) is 0.429. The fourth-order valence-corrected chi connectivity index (χ4v) is 9.69. The number of carbonyl (C=O) groups excluding carboxylic acids is 2. The van der Waals surface area contributed by atoms with Crippen LogP contribution in [0.5, 0.6) is 0 Å². The molecule has 0 radical (unpaired) electrons. The summed E-state index contributed by atoms with van der Waals surface area (Å²) in [5.74, 6) is 0.795. The van der Waals surface area contributed by atoms with Gasteiger partial charge in [-0.2, -0.15) is 0 Å². The first-order chi connectivity index (χ1) is 23.9. The lowest BCUT2D eigenvalue weighted by atomic mass is 9.93. The van der Waals surface area contributed by atoms with Crippen LogP contribution in [0.25, 0.3) is 11.1 Å². The highest BCUT2D eigenvalue weighted by molar-refractivity contribution is 8.13. The maximum Gasteiger partial charge on any atom is 0.407 e. The van der Waals surface area contributed by atoms with Crippen LogP contribution >= 0.6 is 11.8 Å². The summed E-state index contributed by atoms with van der Waals surface area (Å²) in [6.45, 7) is 20.8. The van der Waals surface area contributed by atoms with E-state index in [9.17, 15) is 9.59 Å². The van der Waals surface area contributed by atoms with Gasteiger partial charge >= 0.3 is 14.7 Å². The number of amides is 1. The highest BCUT2D eigenvalue weighted by Crippen LogP contribution is 2.44. The normalized spacial score (nSPS) is 15.1. The highest BCUT2D eigenvalue weighted by Gasteiger charge is 2.39. The van der Waals surface area contributed by atoms with E-state index in [0.29, 0.717) is 30.9 Å². The molecular formula is C42H55NO5SSi. The second-order valence-electron chi connectivity index (χ2n) is 14.4. The van der Waals surface area contributed by atoms with Crippen LogP contribution in [0.3, 0.4) is 0 Å². The lowest BCUT2D eigenvalue weighted by molar-refractivity contribution is -0.117. The van der Waals surface area contributed by atoms with Crippen LogP contribution in [0.2, 0.25) is 13.1 Å². The topological polar surface area (TPSA) is 73.9 Å². The smallest absolute Gasteiger partial charge is 0.407 e. The van der Waals surface area contributed by atoms with E-state index in [1.807, 2.05) is 73.8 Å². The van der Waals surface area contributed by atoms with E-state index >= 15 is 0 Å². The van der Waals surface area contributed by atoms with Crippen molar-refractivity contribution in [3.05, 3.63) is 121 Å². The molecule has 1 aliphatic carbocycles. The quantitative estimate of drug-likeness (QED) is 0.0985. The fourth-order valence-electron chi connectivity index (χ4n) is 6.78. The molecule has 1 N–H and O–H groups in total. The first-order valence-corrected chi connectivity index (χ1v) is 21.6. The van der Waals surface area contributed by atoms with Gasteiger partial charge in [0.1, 0.15) is 6.61 Å². The van der Waals surface area contributed by atoms with E-state index in [0.717, 1.165) is 5.56 Å². The van der Waals surface area contributed by atoms with E-state index in [1.54, 1.807) is 6.08 Å². The van der Waals surface area contributed by atoms with Crippen molar-refractivity contribution in [2.45, 2.75) is 90.0 Å². The lowest BCUT2D eigenvalue weighted by Crippen LogP contribution is -2.52. The minimum absolute atomic E-state index is 0.0279. The summed E-state index contributed by atoms with van der Waals surface area (Å²) in [7, 11) is -2.89. The first kappa shape index (κ1) is 39.4. The monoisotopic (exact) mass is 713 g/mol. The first-order valence-electron chi connectivity index (χ1n) is 17.8. The number of nitrogens with one attached hydrogen (secondary N) is 1. The summed E-state index contributed by atoms with van der Waals surface area (Å²) in [5, 5.41) is 3.24. The van der Waals surface area contributed by atoms with Gasteiger partial charge in [0.05, 0.1) is 24.2 Å². The number of ether oxygens (including phenoxy) is 1. The zero-order valence-electron chi connectivity index (χ0n) is 30.6. The van der Waals surface area contributed by atoms with Gasteiger partial charge in [-0.05, 0) is 72.0 Å². The Morgan fingerprint density at radius 2 is 1.42 bits per heavy atom. The van der Waals surface area contributed by atoms with Crippen LogP contribution in [0, 0.1) is 17.8 Å². The van der Waals surface area contributed by atoms with Crippen molar-refractivity contribution in [1.82, 2.24) is 5.32 Å². The SMILES string of the molecule is C=CC[C@H](O[Si](C)(C)O[C@@H](C=C)[C@H](CC(C)C)C(=O)SCc1ccccc1)[C@H](CC(C)C)NC(=O)OCC1c2ccccc2-c2ccccc21. The molecule has 8 heteroatoms. The predicted octanol–water partition coefficient (Wildman–Crippen LogP) is 10.3. The Kier molecular flexibility index (Phi) is 14.7. The maximum absolute atomic E-state index is 13.6. The van der Waals surface area contributed by atoms with E-state index < -0.39 is 26.9 Å². The Morgan fingerprint density at radius 3 is 1.98 bits per heavy atom. The summed E-state index contributed by atoms with van der Waals surface area (Å²) < 4.78 is 19.5. The molecule has 50 heavy (non-hydrogen) atoms. The molecule has 1 amide bonds. The van der Waals surface area contributed by atoms with Gasteiger partial charge in [0, 0.05) is 11.7 Å². The Hall–Kier alpha value is -3.43. The maximum atomic E-state index is 13.6. The summed E-state index contributed by atoms with van der Waals surface area (Å²) >= 11 is 1.33. The Bertz CT molecular complexity index is 1530. The van der Waals surface area contributed by atoms with Gasteiger partial charge in [-0.1, -0.05) is 130 Å². The lowest BCUT2D eigenvalue weighted by Gasteiger charge is -2.37. The predicted molar refractivity (Wildman–Crippen MR) is 209 cm³/mol. The number of benzene rings is 3. The van der Waals surface area contributed by atoms with Crippen molar-refractivity contribution in [2.75, 3.05) is 6.61 Å². The molecule has 0 unspecified atom stereocenters. The second kappa shape index (κ2) is 18.7. The van der Waals surface area contributed by atoms with Gasteiger partial charge in [-0.15, -0.1) is 13.2 Å². The van der Waals surface area contributed by atoms with Gasteiger partial charge < -0.3 is 18.9 Å². The van der Waals surface area contributed by atoms with Crippen molar-refractivity contribution >= 4 is 31.5 Å². The molecule has 0 aliphatic heterocycles. The summed E-state index contributed by atoms with van der Waals surface area (Å²) in [6.07, 6.45) is 4.07. The minimum atomic E-state index is -2.89. The van der Waals surface area contributed by atoms with E-state index in [-0.39, 0.29) is 35.5 Å². The number of thioether (sulfide) groups is 1. The highest BCUT2D eigenvalue weighted by atomic mass is 32.2. The van der Waals surface area contributed by atoms with Crippen LogP contribution < -0.4 is 5.32 Å². The third kappa shape index (κ3) is 11.0. The summed E-state index contributed by atoms with van der Waals surface area (Å²) in [6, 6.07) is 26.3. The van der Waals surface area contributed by atoms with E-state index in [2.05, 4.69) is 70.4 Å². The van der Waals surface area contributed by atoms with Crippen molar-refractivity contribution in [2.24, 2.45) is 17.8 Å². The van der Waals surface area contributed by atoms with Gasteiger partial charge in [0.2, 0.25) is 0 Å². The number of carbonyl (C=O) groups is 2. The Morgan fingerprint density at radius 1 is 0.840 bits per heavy atom. The van der Waals surface area contributed by atoms with E-state index in [4.69, 9.17) is 13.6 Å². The average molecular weight is 714 g/mol. The van der Waals surface area contributed by atoms with E-state index in [1.165, 1.54) is 34.0 Å². The van der Waals surface area contributed by atoms with Gasteiger partial charge in [0.15, 0.2) is 5.12 Å². The van der Waals surface area contributed by atoms with Crippen molar-refractivity contribution in [1.29, 1.82) is 0 Å². The molecule has 0 saturated carbocycles. The minimum Gasteiger partial charge on any atom is -0.449 e. The van der Waals surface area contributed by atoms with Crippen LogP contribution in [-0.2, 0) is 24.1 Å². The summed E-state index contributed by atoms with van der Waals surface area (Å²) in [5.41, 5.74) is 5.82. The molecule has 0 aromatic heterocycles. The molecule has 0 saturated heterocycles. The molecule has 0 fully saturated rings. The van der Waals surface area contributed by atoms with Crippen LogP contribution in [0.1, 0.15) is 69.6 Å². The molecule has 1 aliphatic rings. The number of fused-ring (bicyclic) bond motifs is 3. The average Bonchev–Trinajstić information content (AvgIpc) is 3.41. The van der Waals surface area contributed by atoms with Gasteiger partial charge in [0.25, 0.3) is 0 Å². The molecule has 3 aromatic carbocycles. The Labute approximate surface area is 305 Å². The Balaban J connectivity index is 1.44. The third-order valence-electron chi connectivity index (χ3n) is 8.96. The van der Waals surface area contributed by atoms with Gasteiger partial charge in [-0.25, -0.2) is 4.79 Å². The number of alkyl carbamates (subject to hydrolysis) is 1. The van der Waals surface area contributed by atoms with Gasteiger partial charge in [-0.3, -0.25) is 4.79 Å². The second-order valence-corrected chi connectivity index (χ2v) is 18.7. The zero-order chi connectivity index (χ0) is 36.3. The third-order valence-corrected chi connectivity index (χ3v) is 11.7. The molecular weight excluding hydrogens is 659 g/mol. The number of hydrogen-bond donors (Lipinski definition) is 1. The summed E-state index contributed by atoms with van der Waals surface area (Å²) in [4.78, 5) is 27.1. The molecule has 3 aromatic rings. The van der Waals surface area contributed by atoms with Crippen molar-refractivity contribution in [3.63, 3.8) is 0 Å². The van der Waals surface area contributed by atoms with Crippen molar-refractivity contribution < 1.29 is 23.2 Å². The zero-order valence-corrected chi connectivity index (χ0v) is 32.4. The van der Waals surface area contributed by atoms with Crippen LogP contribution in [0.4, 0.5) is 4.79 Å². The molecule has 0 spiro atoms. The molecule has 4 atom stereocenters. The molecule has 4 rings (SSSR count). The molecule has 0 heterocycles. The molecule has 6 nitrogen and oxygen atoms in total.